The number of nitrogens with zero attached hydrogens (tertiary/aromatic N) is 4. The molecule has 322 valence electrons. The van der Waals surface area contributed by atoms with Crippen molar-refractivity contribution in [1.29, 1.82) is 10.5 Å². The average molecular weight is 895 g/mol. The van der Waals surface area contributed by atoms with Crippen molar-refractivity contribution in [2.24, 2.45) is 0 Å². The molecule has 0 aromatic heterocycles. The van der Waals surface area contributed by atoms with Gasteiger partial charge >= 0.3 is 0 Å². The monoisotopic (exact) mass is 894 g/mol. The normalized spacial score (nSPS) is 13.0. The van der Waals surface area contributed by atoms with E-state index in [4.69, 9.17) is 0 Å². The van der Waals surface area contributed by atoms with Crippen molar-refractivity contribution < 1.29 is 0 Å². The van der Waals surface area contributed by atoms with Crippen molar-refractivity contribution in [1.82, 2.24) is 0 Å². The Morgan fingerprint density at radius 3 is 1.36 bits per heavy atom. The van der Waals surface area contributed by atoms with Crippen LogP contribution in [0.4, 0.5) is 34.1 Å². The van der Waals surface area contributed by atoms with Crippen molar-refractivity contribution >= 4 is 71.4 Å². The number of hydrogen-bond donors (Lipinski definition) is 0. The molecule has 1 spiro atoms. The number of para-hydroxylation sites is 2. The molecule has 2 aliphatic rings. The van der Waals surface area contributed by atoms with E-state index in [1.807, 2.05) is 36.4 Å². The Kier molecular flexibility index (Phi) is 9.83. The maximum atomic E-state index is 10.7. The first-order chi connectivity index (χ1) is 32.4. The summed E-state index contributed by atoms with van der Waals surface area (Å²) in [6.07, 6.45) is 0. The van der Waals surface area contributed by atoms with Crippen LogP contribution in [0.3, 0.4) is 0 Å². The Morgan fingerprint density at radius 2 is 0.821 bits per heavy atom. The molecule has 0 N–H and O–H groups in total. The summed E-state index contributed by atoms with van der Waals surface area (Å²) in [6.45, 7) is 14.3. The quantitative estimate of drug-likeness (QED) is 0.143. The number of benzene rings is 9. The van der Waals surface area contributed by atoms with Crippen LogP contribution in [0.5, 0.6) is 0 Å². The summed E-state index contributed by atoms with van der Waals surface area (Å²) in [5.41, 5.74) is 15.9. The van der Waals surface area contributed by atoms with Gasteiger partial charge in [-0.3, -0.25) is 0 Å². The smallest absolute Gasteiger partial charge is 0.101 e. The van der Waals surface area contributed by atoms with Crippen LogP contribution in [-0.2, 0) is 5.41 Å². The molecule has 67 heavy (non-hydrogen) atoms. The van der Waals surface area contributed by atoms with E-state index in [0.717, 1.165) is 44.9 Å². The van der Waals surface area contributed by atoms with Gasteiger partial charge in [-0.05, 0) is 117 Å². The third-order valence-corrected chi connectivity index (χ3v) is 18.2. The van der Waals surface area contributed by atoms with Gasteiger partial charge in [-0.15, -0.1) is 0 Å². The highest BCUT2D eigenvalue weighted by molar-refractivity contribution is 6.89. The molecule has 9 aromatic carbocycles. The molecule has 0 radical (unpaired) electrons. The first-order valence-electron chi connectivity index (χ1n) is 23.1. The third-order valence-electron chi connectivity index (χ3n) is 14.1. The Hall–Kier alpha value is -7.75. The van der Waals surface area contributed by atoms with Gasteiger partial charge in [0.25, 0.3) is 0 Å². The Balaban J connectivity index is 1.24. The Labute approximate surface area is 396 Å². The maximum absolute atomic E-state index is 10.7. The van der Waals surface area contributed by atoms with E-state index in [-0.39, 0.29) is 0 Å². The van der Waals surface area contributed by atoms with Crippen LogP contribution >= 0.6 is 0 Å². The van der Waals surface area contributed by atoms with E-state index in [1.54, 1.807) is 0 Å². The minimum Gasteiger partial charge on any atom is -0.309 e. The summed E-state index contributed by atoms with van der Waals surface area (Å²) >= 11 is 0. The molecule has 0 fully saturated rings. The van der Waals surface area contributed by atoms with Gasteiger partial charge in [-0.25, -0.2) is 0 Å². The molecule has 4 nitrogen and oxygen atoms in total. The number of fused-ring (bicyclic) bond motifs is 12. The van der Waals surface area contributed by atoms with Crippen molar-refractivity contribution in [3.8, 4) is 34.4 Å². The van der Waals surface area contributed by atoms with Gasteiger partial charge < -0.3 is 9.80 Å². The SMILES string of the molecule is C[Si](C)(C)c1ccc(N(c2ccc3c(c2)C2(c4ccccc4-c4ccccc42)c2cc(N(c4ccc([Si](C)(C)C)cc4)c4ccccc4C#N)c4ccccc4c2-3)c2ccccc2C#N)cc1. The third kappa shape index (κ3) is 6.51. The Bertz CT molecular complexity index is 3480. The van der Waals surface area contributed by atoms with Gasteiger partial charge in [0.1, 0.15) is 12.1 Å². The average Bonchev–Trinajstić information content (AvgIpc) is 3.81. The molecular weight excluding hydrogens is 845 g/mol. The minimum absolute atomic E-state index is 0.608. The van der Waals surface area contributed by atoms with Gasteiger partial charge in [0.05, 0.1) is 49.8 Å². The fourth-order valence-corrected chi connectivity index (χ4v) is 13.2. The van der Waals surface area contributed by atoms with E-state index in [0.29, 0.717) is 11.1 Å². The van der Waals surface area contributed by atoms with Crippen LogP contribution < -0.4 is 20.2 Å². The zero-order valence-corrected chi connectivity index (χ0v) is 40.8. The highest BCUT2D eigenvalue weighted by Crippen LogP contribution is 2.65. The van der Waals surface area contributed by atoms with E-state index in [1.165, 1.54) is 54.9 Å². The van der Waals surface area contributed by atoms with E-state index < -0.39 is 21.6 Å². The molecule has 11 rings (SSSR count). The molecule has 0 amide bonds. The summed E-state index contributed by atoms with van der Waals surface area (Å²) in [4.78, 5) is 4.58. The van der Waals surface area contributed by atoms with Gasteiger partial charge in [0.15, 0.2) is 0 Å². The summed E-state index contributed by atoms with van der Waals surface area (Å²) < 4.78 is 0. The lowest BCUT2D eigenvalue weighted by Gasteiger charge is -2.34. The fraction of sp³-hybridized carbons (Fsp3) is 0.115. The van der Waals surface area contributed by atoms with Crippen LogP contribution in [0, 0.1) is 22.7 Å². The molecule has 0 aliphatic heterocycles. The van der Waals surface area contributed by atoms with Gasteiger partial charge in [0, 0.05) is 22.4 Å². The summed E-state index contributed by atoms with van der Waals surface area (Å²) in [5.74, 6) is 0. The second-order valence-electron chi connectivity index (χ2n) is 20.0. The lowest BCUT2D eigenvalue weighted by molar-refractivity contribution is 0.794. The zero-order valence-electron chi connectivity index (χ0n) is 38.8. The first kappa shape index (κ1) is 41.9. The Morgan fingerprint density at radius 1 is 0.373 bits per heavy atom. The second-order valence-corrected chi connectivity index (χ2v) is 30.1. The predicted octanol–water partition coefficient (Wildman–Crippen LogP) is 15.0. The molecule has 0 atom stereocenters. The zero-order chi connectivity index (χ0) is 46.2. The summed E-state index contributed by atoms with van der Waals surface area (Å²) in [6, 6.07) is 75.1. The van der Waals surface area contributed by atoms with Crippen LogP contribution in [0.25, 0.3) is 33.0 Å². The fourth-order valence-electron chi connectivity index (χ4n) is 10.9. The lowest BCUT2D eigenvalue weighted by atomic mass is 9.70. The molecular formula is C61H50N4Si2. The standard InChI is InChI=1S/C61H50N4Si2/c1-66(2,3)46-32-27-43(28-33-46)64(57-25-15-7-17-41(57)39-62)45-31-36-52-55(37-45)61(53-23-13-11-19-48(53)49-20-12-14-24-54(49)61)56-38-59(50-21-9-10-22-51(50)60(52)56)65(58-26-16-8-18-42(58)40-63)44-29-34-47(35-30-44)67(4,5)6/h7-38H,1-6H3. The maximum Gasteiger partial charge on any atom is 0.101 e. The van der Waals surface area contributed by atoms with E-state index >= 15 is 0 Å². The topological polar surface area (TPSA) is 54.1 Å². The van der Waals surface area contributed by atoms with Crippen molar-refractivity contribution in [2.45, 2.75) is 44.7 Å². The van der Waals surface area contributed by atoms with Gasteiger partial charge in [-0.1, -0.05) is 177 Å². The van der Waals surface area contributed by atoms with E-state index in [9.17, 15) is 10.5 Å². The highest BCUT2D eigenvalue weighted by Gasteiger charge is 2.53. The lowest BCUT2D eigenvalue weighted by Crippen LogP contribution is -2.37. The minimum atomic E-state index is -1.61. The second kappa shape index (κ2) is 15.7. The van der Waals surface area contributed by atoms with Crippen LogP contribution in [0.2, 0.25) is 39.3 Å². The number of hydrogen-bond acceptors (Lipinski definition) is 4. The number of nitriles is 2. The predicted molar refractivity (Wildman–Crippen MR) is 285 cm³/mol. The molecule has 0 saturated heterocycles. The number of rotatable bonds is 8. The highest BCUT2D eigenvalue weighted by atomic mass is 28.3. The molecule has 6 heteroatoms. The summed E-state index contributed by atoms with van der Waals surface area (Å²) in [5, 5.41) is 26.3. The van der Waals surface area contributed by atoms with Crippen LogP contribution in [0.15, 0.2) is 194 Å². The number of anilines is 6. The van der Waals surface area contributed by atoms with Gasteiger partial charge in [0.2, 0.25) is 0 Å². The summed E-state index contributed by atoms with van der Waals surface area (Å²) in [7, 11) is -3.20. The first-order valence-corrected chi connectivity index (χ1v) is 30.1. The van der Waals surface area contributed by atoms with Gasteiger partial charge in [-0.2, -0.15) is 10.5 Å². The van der Waals surface area contributed by atoms with Crippen molar-refractivity contribution in [3.05, 3.63) is 228 Å². The molecule has 9 aromatic rings. The van der Waals surface area contributed by atoms with Crippen LogP contribution in [-0.4, -0.2) is 16.1 Å². The molecule has 0 bridgehead atoms. The molecule has 2 aliphatic carbocycles. The molecule has 0 saturated carbocycles. The van der Waals surface area contributed by atoms with E-state index in [2.05, 4.69) is 219 Å². The van der Waals surface area contributed by atoms with Crippen molar-refractivity contribution in [2.75, 3.05) is 9.80 Å². The molecule has 0 heterocycles. The molecule has 0 unspecified atom stereocenters. The largest absolute Gasteiger partial charge is 0.309 e. The van der Waals surface area contributed by atoms with Crippen LogP contribution in [0.1, 0.15) is 33.4 Å². The van der Waals surface area contributed by atoms with Crippen molar-refractivity contribution in [3.63, 3.8) is 0 Å².